The number of anilines is 1. The van der Waals surface area contributed by atoms with Crippen LogP contribution in [0.15, 0.2) is 18.2 Å². The van der Waals surface area contributed by atoms with Crippen LogP contribution in [0.25, 0.3) is 0 Å². The third-order valence-corrected chi connectivity index (χ3v) is 3.10. The van der Waals surface area contributed by atoms with Gasteiger partial charge in [0.15, 0.2) is 0 Å². The molecule has 2 N–H and O–H groups in total. The minimum Gasteiger partial charge on any atom is -0.396 e. The first-order valence-corrected chi connectivity index (χ1v) is 5.58. The third kappa shape index (κ3) is 2.54. The topological polar surface area (TPSA) is 32.3 Å². The third-order valence-electron chi connectivity index (χ3n) is 3.10. The number of alkyl halides is 3. The molecule has 0 saturated heterocycles. The van der Waals surface area contributed by atoms with Gasteiger partial charge in [-0.3, -0.25) is 0 Å². The van der Waals surface area contributed by atoms with Crippen LogP contribution < -0.4 is 5.32 Å². The van der Waals surface area contributed by atoms with Crippen LogP contribution in [0.1, 0.15) is 29.9 Å². The maximum Gasteiger partial charge on any atom is 0.416 e. The van der Waals surface area contributed by atoms with Gasteiger partial charge in [0.05, 0.1) is 5.56 Å². The summed E-state index contributed by atoms with van der Waals surface area (Å²) in [6.45, 7) is 0.739. The number of nitrogens with one attached hydrogen (secondary N) is 1. The van der Waals surface area contributed by atoms with E-state index in [1.807, 2.05) is 0 Å². The number of halogens is 3. The molecule has 1 atom stereocenters. The second-order valence-electron chi connectivity index (χ2n) is 4.22. The Balaban J connectivity index is 2.37. The van der Waals surface area contributed by atoms with Crippen LogP contribution in [0.5, 0.6) is 0 Å². The molecule has 0 bridgehead atoms. The molecule has 1 aromatic carbocycles. The molecule has 0 radical (unpaired) electrons. The molecular weight excluding hydrogens is 231 g/mol. The Bertz CT molecular complexity index is 403. The van der Waals surface area contributed by atoms with Crippen LogP contribution in [-0.4, -0.2) is 18.3 Å². The largest absolute Gasteiger partial charge is 0.416 e. The average molecular weight is 245 g/mol. The van der Waals surface area contributed by atoms with Crippen LogP contribution in [0.2, 0.25) is 0 Å². The van der Waals surface area contributed by atoms with Crippen molar-refractivity contribution in [1.29, 1.82) is 0 Å². The van der Waals surface area contributed by atoms with Crippen LogP contribution in [0.3, 0.4) is 0 Å². The maximum atomic E-state index is 12.6. The fraction of sp³-hybridized carbons (Fsp3) is 0.500. The summed E-state index contributed by atoms with van der Waals surface area (Å²) in [4.78, 5) is 0. The lowest BCUT2D eigenvalue weighted by molar-refractivity contribution is -0.137. The minimum atomic E-state index is -4.31. The quantitative estimate of drug-likeness (QED) is 0.839. The Labute approximate surface area is 97.5 Å². The monoisotopic (exact) mass is 245 g/mol. The van der Waals surface area contributed by atoms with Gasteiger partial charge in [-0.15, -0.1) is 0 Å². The number of aliphatic hydroxyl groups is 1. The van der Waals surface area contributed by atoms with E-state index in [1.165, 1.54) is 12.1 Å². The lowest BCUT2D eigenvalue weighted by atomic mass is 9.87. The van der Waals surface area contributed by atoms with E-state index in [4.69, 9.17) is 5.11 Å². The molecule has 1 aliphatic heterocycles. The highest BCUT2D eigenvalue weighted by molar-refractivity contribution is 5.56. The zero-order valence-corrected chi connectivity index (χ0v) is 9.22. The van der Waals surface area contributed by atoms with Crippen molar-refractivity contribution in [3.63, 3.8) is 0 Å². The van der Waals surface area contributed by atoms with Crippen LogP contribution in [0, 0.1) is 0 Å². The van der Waals surface area contributed by atoms with Crippen molar-refractivity contribution in [2.45, 2.75) is 24.9 Å². The average Bonchev–Trinajstić information content (AvgIpc) is 2.28. The van der Waals surface area contributed by atoms with Crippen molar-refractivity contribution >= 4 is 5.69 Å². The van der Waals surface area contributed by atoms with Crippen LogP contribution in [-0.2, 0) is 6.18 Å². The van der Waals surface area contributed by atoms with Gasteiger partial charge in [0.25, 0.3) is 0 Å². The second-order valence-corrected chi connectivity index (χ2v) is 4.22. The van der Waals surface area contributed by atoms with Gasteiger partial charge in [0.2, 0.25) is 0 Å². The number of hydrogen-bond donors (Lipinski definition) is 2. The summed E-state index contributed by atoms with van der Waals surface area (Å²) in [5.41, 5.74) is 0.797. The molecule has 1 aromatic rings. The SMILES string of the molecule is OCCC1CCNc2ccc(C(F)(F)F)cc21. The smallest absolute Gasteiger partial charge is 0.396 e. The maximum absolute atomic E-state index is 12.6. The molecule has 0 fully saturated rings. The van der Waals surface area contributed by atoms with E-state index in [0.717, 1.165) is 24.7 Å². The van der Waals surface area contributed by atoms with Gasteiger partial charge < -0.3 is 10.4 Å². The van der Waals surface area contributed by atoms with Crippen molar-refractivity contribution in [1.82, 2.24) is 0 Å². The summed E-state index contributed by atoms with van der Waals surface area (Å²) in [5.74, 6) is 0.0125. The van der Waals surface area contributed by atoms with E-state index >= 15 is 0 Å². The van der Waals surface area contributed by atoms with Crippen molar-refractivity contribution < 1.29 is 18.3 Å². The number of benzene rings is 1. The van der Waals surface area contributed by atoms with E-state index in [0.29, 0.717) is 12.0 Å². The van der Waals surface area contributed by atoms with Gasteiger partial charge in [-0.05, 0) is 42.5 Å². The first-order valence-electron chi connectivity index (χ1n) is 5.58. The fourth-order valence-corrected chi connectivity index (χ4v) is 2.23. The summed E-state index contributed by atoms with van der Waals surface area (Å²) in [7, 11) is 0. The van der Waals surface area contributed by atoms with E-state index in [1.54, 1.807) is 0 Å². The highest BCUT2D eigenvalue weighted by Gasteiger charge is 2.32. The molecule has 1 aliphatic rings. The zero-order chi connectivity index (χ0) is 12.5. The Morgan fingerprint density at radius 3 is 2.76 bits per heavy atom. The molecule has 94 valence electrons. The lowest BCUT2D eigenvalue weighted by Crippen LogP contribution is -2.19. The summed E-state index contributed by atoms with van der Waals surface area (Å²) in [6, 6.07) is 3.76. The molecule has 2 nitrogen and oxygen atoms in total. The summed E-state index contributed by atoms with van der Waals surface area (Å²) in [5, 5.41) is 12.0. The highest BCUT2D eigenvalue weighted by Crippen LogP contribution is 2.38. The molecule has 2 rings (SSSR count). The minimum absolute atomic E-state index is 0.000349. The van der Waals surface area contributed by atoms with Gasteiger partial charge in [-0.2, -0.15) is 13.2 Å². The summed E-state index contributed by atoms with van der Waals surface area (Å²) < 4.78 is 37.8. The molecular formula is C12H14F3NO. The Kier molecular flexibility index (Phi) is 3.28. The van der Waals surface area contributed by atoms with Crippen LogP contribution in [0.4, 0.5) is 18.9 Å². The predicted octanol–water partition coefficient (Wildman–Crippen LogP) is 2.99. The number of rotatable bonds is 2. The van der Waals surface area contributed by atoms with Crippen molar-refractivity contribution in [3.05, 3.63) is 29.3 Å². The number of aliphatic hydroxyl groups excluding tert-OH is 1. The Hall–Kier alpha value is -1.23. The second kappa shape index (κ2) is 4.56. The molecule has 0 spiro atoms. The standard InChI is InChI=1S/C12H14F3NO/c13-12(14,15)9-1-2-11-10(7-9)8(4-6-17)3-5-16-11/h1-2,7-8,16-17H,3-6H2. The van der Waals surface area contributed by atoms with Gasteiger partial charge in [0.1, 0.15) is 0 Å². The van der Waals surface area contributed by atoms with E-state index < -0.39 is 11.7 Å². The number of hydrogen-bond acceptors (Lipinski definition) is 2. The predicted molar refractivity (Wildman–Crippen MR) is 59.0 cm³/mol. The van der Waals surface area contributed by atoms with Gasteiger partial charge in [-0.1, -0.05) is 0 Å². The Morgan fingerprint density at radius 1 is 1.35 bits per heavy atom. The molecule has 1 heterocycles. The molecule has 0 saturated carbocycles. The first-order chi connectivity index (χ1) is 8.02. The van der Waals surface area contributed by atoms with Gasteiger partial charge in [0, 0.05) is 18.8 Å². The van der Waals surface area contributed by atoms with E-state index in [9.17, 15) is 13.2 Å². The van der Waals surface area contributed by atoms with Crippen molar-refractivity contribution in [3.8, 4) is 0 Å². The molecule has 1 unspecified atom stereocenters. The highest BCUT2D eigenvalue weighted by atomic mass is 19.4. The Morgan fingerprint density at radius 2 is 2.12 bits per heavy atom. The summed E-state index contributed by atoms with van der Waals surface area (Å²) >= 11 is 0. The fourth-order valence-electron chi connectivity index (χ4n) is 2.23. The molecule has 0 aromatic heterocycles. The zero-order valence-electron chi connectivity index (χ0n) is 9.22. The normalized spacial score (nSPS) is 19.6. The van der Waals surface area contributed by atoms with Crippen molar-refractivity contribution in [2.75, 3.05) is 18.5 Å². The van der Waals surface area contributed by atoms with Gasteiger partial charge in [-0.25, -0.2) is 0 Å². The molecule has 0 amide bonds. The number of fused-ring (bicyclic) bond motifs is 1. The van der Waals surface area contributed by atoms with E-state index in [-0.39, 0.29) is 12.5 Å². The van der Waals surface area contributed by atoms with Crippen molar-refractivity contribution in [2.24, 2.45) is 0 Å². The van der Waals surface area contributed by atoms with Gasteiger partial charge >= 0.3 is 6.18 Å². The molecule has 5 heteroatoms. The molecule has 0 aliphatic carbocycles. The first kappa shape index (κ1) is 12.2. The van der Waals surface area contributed by atoms with E-state index in [2.05, 4.69) is 5.32 Å². The van der Waals surface area contributed by atoms with Crippen LogP contribution >= 0.6 is 0 Å². The molecule has 17 heavy (non-hydrogen) atoms. The summed E-state index contributed by atoms with van der Waals surface area (Å²) in [6.07, 6.45) is -3.04. The lowest BCUT2D eigenvalue weighted by Gasteiger charge is -2.27.